The molecule has 26 heavy (non-hydrogen) atoms. The van der Waals surface area contributed by atoms with Gasteiger partial charge in [0.15, 0.2) is 5.76 Å². The van der Waals surface area contributed by atoms with Gasteiger partial charge in [-0.3, -0.25) is 9.59 Å². The monoisotopic (exact) mass is 350 g/mol. The Morgan fingerprint density at radius 2 is 1.77 bits per heavy atom. The van der Waals surface area contributed by atoms with Crippen LogP contribution in [0.2, 0.25) is 0 Å². The molecule has 0 radical (unpaired) electrons. The molecule has 6 heteroatoms. The first-order chi connectivity index (χ1) is 12.6. The number of furan rings is 1. The van der Waals surface area contributed by atoms with Gasteiger partial charge in [-0.25, -0.2) is 0 Å². The Balaban J connectivity index is 1.83. The molecule has 0 bridgehead atoms. The zero-order chi connectivity index (χ0) is 18.5. The lowest BCUT2D eigenvalue weighted by molar-refractivity contribution is 0.0995. The van der Waals surface area contributed by atoms with Crippen molar-refractivity contribution < 1.29 is 18.7 Å². The predicted molar refractivity (Wildman–Crippen MR) is 98.8 cm³/mol. The first-order valence-electron chi connectivity index (χ1n) is 7.98. The maximum atomic E-state index is 12.6. The molecule has 3 rings (SSSR count). The molecule has 3 aromatic rings. The van der Waals surface area contributed by atoms with Crippen molar-refractivity contribution in [1.82, 2.24) is 0 Å². The average molecular weight is 350 g/mol. The molecule has 0 atom stereocenters. The molecule has 2 aromatic carbocycles. The number of benzene rings is 2. The summed E-state index contributed by atoms with van der Waals surface area (Å²) in [5, 5.41) is 5.55. The fraction of sp³-hybridized carbons (Fsp3) is 0.100. The second kappa shape index (κ2) is 7.57. The molecule has 0 aliphatic rings. The molecule has 2 amide bonds. The number of amides is 2. The van der Waals surface area contributed by atoms with E-state index < -0.39 is 0 Å². The summed E-state index contributed by atoms with van der Waals surface area (Å²) >= 11 is 0. The van der Waals surface area contributed by atoms with E-state index in [9.17, 15) is 9.59 Å². The summed E-state index contributed by atoms with van der Waals surface area (Å²) in [5.41, 5.74) is 2.40. The van der Waals surface area contributed by atoms with Crippen LogP contribution >= 0.6 is 0 Å². The molecule has 0 spiro atoms. The van der Waals surface area contributed by atoms with Crippen LogP contribution in [0, 0.1) is 6.92 Å². The molecule has 1 aromatic heterocycles. The number of aryl methyl sites for hydroxylation is 1. The molecule has 0 aliphatic heterocycles. The van der Waals surface area contributed by atoms with E-state index in [2.05, 4.69) is 10.6 Å². The minimum absolute atomic E-state index is 0.200. The minimum Gasteiger partial charge on any atom is -0.495 e. The molecule has 2 N–H and O–H groups in total. The number of carbonyl (C=O) groups excluding carboxylic acids is 2. The van der Waals surface area contributed by atoms with Gasteiger partial charge in [0, 0.05) is 11.3 Å². The number of rotatable bonds is 5. The van der Waals surface area contributed by atoms with Gasteiger partial charge in [0.2, 0.25) is 0 Å². The highest BCUT2D eigenvalue weighted by molar-refractivity contribution is 6.07. The fourth-order valence-electron chi connectivity index (χ4n) is 2.50. The summed E-state index contributed by atoms with van der Waals surface area (Å²) < 4.78 is 10.4. The number of hydrogen-bond donors (Lipinski definition) is 2. The normalized spacial score (nSPS) is 10.2. The highest BCUT2D eigenvalue weighted by Crippen LogP contribution is 2.29. The number of methoxy groups -OCH3 is 1. The van der Waals surface area contributed by atoms with Crippen LogP contribution < -0.4 is 15.4 Å². The molecule has 0 saturated carbocycles. The van der Waals surface area contributed by atoms with Crippen LogP contribution in [-0.4, -0.2) is 18.9 Å². The van der Waals surface area contributed by atoms with Crippen LogP contribution in [-0.2, 0) is 0 Å². The maximum absolute atomic E-state index is 12.6. The van der Waals surface area contributed by atoms with Crippen molar-refractivity contribution in [2.45, 2.75) is 6.92 Å². The lowest BCUT2D eigenvalue weighted by Crippen LogP contribution is -2.15. The van der Waals surface area contributed by atoms with E-state index in [0.29, 0.717) is 22.7 Å². The van der Waals surface area contributed by atoms with Crippen LogP contribution in [0.5, 0.6) is 5.75 Å². The van der Waals surface area contributed by atoms with Crippen LogP contribution in [0.25, 0.3) is 0 Å². The summed E-state index contributed by atoms with van der Waals surface area (Å²) in [5.74, 6) is 0.0569. The third-order valence-corrected chi connectivity index (χ3v) is 3.84. The number of nitrogens with one attached hydrogen (secondary N) is 2. The number of ether oxygens (including phenoxy) is 1. The average Bonchev–Trinajstić information content (AvgIpc) is 3.17. The van der Waals surface area contributed by atoms with E-state index in [0.717, 1.165) is 5.56 Å². The Bertz CT molecular complexity index is 933. The molecule has 1 heterocycles. The van der Waals surface area contributed by atoms with Gasteiger partial charge in [0.25, 0.3) is 11.8 Å². The lowest BCUT2D eigenvalue weighted by Gasteiger charge is -2.13. The van der Waals surface area contributed by atoms with Crippen molar-refractivity contribution in [3.8, 4) is 5.75 Å². The number of hydrogen-bond acceptors (Lipinski definition) is 4. The fourth-order valence-corrected chi connectivity index (χ4v) is 2.50. The van der Waals surface area contributed by atoms with E-state index in [1.807, 2.05) is 19.1 Å². The molecular weight excluding hydrogens is 332 g/mol. The highest BCUT2D eigenvalue weighted by atomic mass is 16.5. The molecule has 0 saturated heterocycles. The van der Waals surface area contributed by atoms with Gasteiger partial charge in [-0.15, -0.1) is 0 Å². The van der Waals surface area contributed by atoms with Gasteiger partial charge in [-0.1, -0.05) is 18.2 Å². The van der Waals surface area contributed by atoms with Crippen molar-refractivity contribution in [2.75, 3.05) is 17.7 Å². The standard InChI is InChI=1S/C20H18N2O4/c1-13-6-3-4-7-15(13)19(23)22-16-12-14(9-10-17(16)25-2)21-20(24)18-8-5-11-26-18/h3-12H,1-2H3,(H,21,24)(H,22,23). The summed E-state index contributed by atoms with van der Waals surface area (Å²) in [6.45, 7) is 1.87. The summed E-state index contributed by atoms with van der Waals surface area (Å²) in [6.07, 6.45) is 1.43. The molecule has 0 fully saturated rings. The Kier molecular flexibility index (Phi) is 5.03. The second-order valence-electron chi connectivity index (χ2n) is 5.62. The van der Waals surface area contributed by atoms with E-state index in [1.165, 1.54) is 13.4 Å². The van der Waals surface area contributed by atoms with E-state index in [-0.39, 0.29) is 17.6 Å². The van der Waals surface area contributed by atoms with Gasteiger partial charge in [0.1, 0.15) is 5.75 Å². The van der Waals surface area contributed by atoms with Gasteiger partial charge >= 0.3 is 0 Å². The largest absolute Gasteiger partial charge is 0.495 e. The molecule has 0 unspecified atom stereocenters. The van der Waals surface area contributed by atoms with Crippen molar-refractivity contribution >= 4 is 23.2 Å². The Morgan fingerprint density at radius 3 is 2.46 bits per heavy atom. The summed E-state index contributed by atoms with van der Waals surface area (Å²) in [4.78, 5) is 24.7. The summed E-state index contributed by atoms with van der Waals surface area (Å²) in [6, 6.07) is 15.5. The lowest BCUT2D eigenvalue weighted by atomic mass is 10.1. The van der Waals surface area contributed by atoms with Gasteiger partial charge < -0.3 is 19.8 Å². The maximum Gasteiger partial charge on any atom is 0.291 e. The topological polar surface area (TPSA) is 80.6 Å². The molecule has 0 aliphatic carbocycles. The number of carbonyl (C=O) groups is 2. The smallest absolute Gasteiger partial charge is 0.291 e. The van der Waals surface area contributed by atoms with E-state index in [1.54, 1.807) is 42.5 Å². The van der Waals surface area contributed by atoms with Gasteiger partial charge in [-0.05, 0) is 48.9 Å². The molecular formula is C20H18N2O4. The van der Waals surface area contributed by atoms with Crippen molar-refractivity contribution in [2.24, 2.45) is 0 Å². The highest BCUT2D eigenvalue weighted by Gasteiger charge is 2.14. The number of anilines is 2. The zero-order valence-corrected chi connectivity index (χ0v) is 14.4. The van der Waals surface area contributed by atoms with E-state index in [4.69, 9.17) is 9.15 Å². The molecule has 132 valence electrons. The van der Waals surface area contributed by atoms with Crippen molar-refractivity contribution in [1.29, 1.82) is 0 Å². The first-order valence-corrected chi connectivity index (χ1v) is 7.98. The van der Waals surface area contributed by atoms with Crippen LogP contribution in [0.4, 0.5) is 11.4 Å². The van der Waals surface area contributed by atoms with Crippen LogP contribution in [0.1, 0.15) is 26.5 Å². The Morgan fingerprint density at radius 1 is 0.962 bits per heavy atom. The quantitative estimate of drug-likeness (QED) is 0.726. The van der Waals surface area contributed by atoms with Gasteiger partial charge in [0.05, 0.1) is 19.1 Å². The minimum atomic E-state index is -0.378. The SMILES string of the molecule is COc1ccc(NC(=O)c2ccco2)cc1NC(=O)c1ccccc1C. The third-order valence-electron chi connectivity index (χ3n) is 3.84. The first kappa shape index (κ1) is 17.3. The third kappa shape index (κ3) is 3.75. The Labute approximate surface area is 150 Å². The Hall–Kier alpha value is -3.54. The summed E-state index contributed by atoms with van der Waals surface area (Å²) in [7, 11) is 1.51. The van der Waals surface area contributed by atoms with Crippen LogP contribution in [0.15, 0.2) is 65.3 Å². The zero-order valence-electron chi connectivity index (χ0n) is 14.4. The van der Waals surface area contributed by atoms with Gasteiger partial charge in [-0.2, -0.15) is 0 Å². The predicted octanol–water partition coefficient (Wildman–Crippen LogP) is 4.10. The van der Waals surface area contributed by atoms with Crippen molar-refractivity contribution in [3.63, 3.8) is 0 Å². The second-order valence-corrected chi connectivity index (χ2v) is 5.62. The molecule has 6 nitrogen and oxygen atoms in total. The van der Waals surface area contributed by atoms with Crippen molar-refractivity contribution in [3.05, 3.63) is 77.7 Å². The van der Waals surface area contributed by atoms with Crippen LogP contribution in [0.3, 0.4) is 0 Å². The van der Waals surface area contributed by atoms with E-state index >= 15 is 0 Å².